The van der Waals surface area contributed by atoms with Gasteiger partial charge in [0, 0.05) is 25.0 Å². The van der Waals surface area contributed by atoms with Crippen LogP contribution in [0.4, 0.5) is 5.82 Å². The second-order valence-electron chi connectivity index (χ2n) is 4.59. The van der Waals surface area contributed by atoms with Crippen LogP contribution in [0.2, 0.25) is 0 Å². The van der Waals surface area contributed by atoms with E-state index in [2.05, 4.69) is 27.2 Å². The summed E-state index contributed by atoms with van der Waals surface area (Å²) in [6.07, 6.45) is 4.56. The van der Waals surface area contributed by atoms with Crippen molar-refractivity contribution in [1.29, 1.82) is 0 Å². The Bertz CT molecular complexity index is 725. The third-order valence-corrected chi connectivity index (χ3v) is 3.22. The van der Waals surface area contributed by atoms with Gasteiger partial charge in [0.25, 0.3) is 0 Å². The smallest absolute Gasteiger partial charge is 0.155 e. The number of aryl methyl sites for hydroxylation is 2. The van der Waals surface area contributed by atoms with Crippen molar-refractivity contribution in [2.45, 2.75) is 13.3 Å². The molecular formula is C14H16N6. The normalized spacial score (nSPS) is 10.9. The molecule has 0 atom stereocenters. The lowest BCUT2D eigenvalue weighted by Gasteiger charge is -2.03. The van der Waals surface area contributed by atoms with Crippen LogP contribution in [-0.4, -0.2) is 25.0 Å². The first-order chi connectivity index (χ1) is 9.70. The number of aromatic nitrogens is 5. The van der Waals surface area contributed by atoms with Crippen molar-refractivity contribution < 1.29 is 0 Å². The van der Waals surface area contributed by atoms with Gasteiger partial charge in [-0.25, -0.2) is 0 Å². The molecule has 3 aromatic heterocycles. The van der Waals surface area contributed by atoms with Crippen molar-refractivity contribution in [3.05, 3.63) is 36.3 Å². The van der Waals surface area contributed by atoms with Crippen molar-refractivity contribution in [3.63, 3.8) is 0 Å². The number of nitrogens with zero attached hydrogens (tertiary/aromatic N) is 4. The molecule has 0 aliphatic heterocycles. The van der Waals surface area contributed by atoms with Gasteiger partial charge in [-0.2, -0.15) is 10.2 Å². The van der Waals surface area contributed by atoms with Crippen molar-refractivity contribution in [2.24, 2.45) is 7.05 Å². The van der Waals surface area contributed by atoms with Crippen LogP contribution in [0.1, 0.15) is 12.6 Å². The fourth-order valence-electron chi connectivity index (χ4n) is 2.33. The first kappa shape index (κ1) is 12.4. The van der Waals surface area contributed by atoms with Crippen molar-refractivity contribution >= 4 is 5.82 Å². The molecule has 0 fully saturated rings. The number of rotatable bonds is 3. The quantitative estimate of drug-likeness (QED) is 0.761. The average molecular weight is 268 g/mol. The molecule has 3 N–H and O–H groups in total. The molecule has 0 aliphatic rings. The maximum absolute atomic E-state index is 6.00. The highest BCUT2D eigenvalue weighted by Gasteiger charge is 2.19. The Morgan fingerprint density at radius 1 is 1.35 bits per heavy atom. The minimum absolute atomic E-state index is 0.449. The summed E-state index contributed by atoms with van der Waals surface area (Å²) in [6.45, 7) is 2.08. The SMILES string of the molecule is CCc1nn(C)cc1-c1[nH]nc(N)c1-c1ccccn1. The Morgan fingerprint density at radius 3 is 2.90 bits per heavy atom. The number of pyridine rings is 1. The molecule has 3 aromatic rings. The third-order valence-electron chi connectivity index (χ3n) is 3.22. The number of nitrogens with one attached hydrogen (secondary N) is 1. The summed E-state index contributed by atoms with van der Waals surface area (Å²) in [5.41, 5.74) is 10.5. The lowest BCUT2D eigenvalue weighted by molar-refractivity contribution is 0.746. The highest BCUT2D eigenvalue weighted by molar-refractivity contribution is 5.86. The Balaban J connectivity index is 2.21. The molecule has 3 rings (SSSR count). The van der Waals surface area contributed by atoms with E-state index in [1.807, 2.05) is 31.4 Å². The van der Waals surface area contributed by atoms with Gasteiger partial charge in [-0.3, -0.25) is 14.8 Å². The molecule has 20 heavy (non-hydrogen) atoms. The van der Waals surface area contributed by atoms with E-state index in [9.17, 15) is 0 Å². The number of aromatic amines is 1. The number of hydrogen-bond acceptors (Lipinski definition) is 4. The van der Waals surface area contributed by atoms with E-state index in [0.29, 0.717) is 5.82 Å². The van der Waals surface area contributed by atoms with Gasteiger partial charge < -0.3 is 5.73 Å². The van der Waals surface area contributed by atoms with E-state index in [1.165, 1.54) is 0 Å². The number of nitrogen functional groups attached to an aromatic ring is 1. The molecule has 0 amide bonds. The second-order valence-corrected chi connectivity index (χ2v) is 4.59. The van der Waals surface area contributed by atoms with E-state index in [0.717, 1.165) is 34.6 Å². The van der Waals surface area contributed by atoms with Gasteiger partial charge in [-0.15, -0.1) is 0 Å². The van der Waals surface area contributed by atoms with Crippen molar-refractivity contribution in [1.82, 2.24) is 25.0 Å². The van der Waals surface area contributed by atoms with Gasteiger partial charge in [-0.1, -0.05) is 13.0 Å². The third kappa shape index (κ3) is 1.95. The first-order valence-electron chi connectivity index (χ1n) is 6.48. The van der Waals surface area contributed by atoms with Crippen LogP contribution in [-0.2, 0) is 13.5 Å². The molecule has 0 spiro atoms. The van der Waals surface area contributed by atoms with Crippen LogP contribution in [0.25, 0.3) is 22.5 Å². The topological polar surface area (TPSA) is 85.4 Å². The number of hydrogen-bond donors (Lipinski definition) is 2. The maximum Gasteiger partial charge on any atom is 0.155 e. The minimum atomic E-state index is 0.449. The van der Waals surface area contributed by atoms with Crippen LogP contribution in [0, 0.1) is 0 Å². The summed E-state index contributed by atoms with van der Waals surface area (Å²) in [5.74, 6) is 0.449. The molecule has 0 aromatic carbocycles. The van der Waals surface area contributed by atoms with Crippen molar-refractivity contribution in [3.8, 4) is 22.5 Å². The number of anilines is 1. The van der Waals surface area contributed by atoms with Crippen molar-refractivity contribution in [2.75, 3.05) is 5.73 Å². The average Bonchev–Trinajstić information content (AvgIpc) is 3.02. The highest BCUT2D eigenvalue weighted by atomic mass is 15.3. The summed E-state index contributed by atoms with van der Waals surface area (Å²) in [6, 6.07) is 5.73. The van der Waals surface area contributed by atoms with E-state index < -0.39 is 0 Å². The highest BCUT2D eigenvalue weighted by Crippen LogP contribution is 2.34. The van der Waals surface area contributed by atoms with Gasteiger partial charge in [-0.05, 0) is 18.6 Å². The van der Waals surface area contributed by atoms with Gasteiger partial charge in [0.1, 0.15) is 0 Å². The number of nitrogens with two attached hydrogens (primary N) is 1. The summed E-state index contributed by atoms with van der Waals surface area (Å²) in [7, 11) is 1.91. The molecule has 0 radical (unpaired) electrons. The van der Waals surface area contributed by atoms with Crippen LogP contribution in [0.3, 0.4) is 0 Å². The molecule has 3 heterocycles. The standard InChI is InChI=1S/C14H16N6/c1-3-10-9(8-20(2)19-10)13-12(14(15)18-17-13)11-6-4-5-7-16-11/h4-8H,3H2,1-2H3,(H3,15,17,18). The molecule has 0 aliphatic carbocycles. The molecule has 102 valence electrons. The zero-order valence-electron chi connectivity index (χ0n) is 11.5. The summed E-state index contributed by atoms with van der Waals surface area (Å²) in [4.78, 5) is 4.36. The molecule has 0 bridgehead atoms. The Hall–Kier alpha value is -2.63. The predicted molar refractivity (Wildman–Crippen MR) is 77.8 cm³/mol. The van der Waals surface area contributed by atoms with E-state index >= 15 is 0 Å². The molecule has 6 nitrogen and oxygen atoms in total. The zero-order chi connectivity index (χ0) is 14.1. The summed E-state index contributed by atoms with van der Waals surface area (Å²) >= 11 is 0. The van der Waals surface area contributed by atoms with E-state index in [-0.39, 0.29) is 0 Å². The lowest BCUT2D eigenvalue weighted by Crippen LogP contribution is -1.92. The minimum Gasteiger partial charge on any atom is -0.382 e. The monoisotopic (exact) mass is 268 g/mol. The van der Waals surface area contributed by atoms with Crippen LogP contribution in [0.15, 0.2) is 30.6 Å². The molecular weight excluding hydrogens is 252 g/mol. The zero-order valence-corrected chi connectivity index (χ0v) is 11.5. The fraction of sp³-hybridized carbons (Fsp3) is 0.214. The van der Waals surface area contributed by atoms with Crippen LogP contribution < -0.4 is 5.73 Å². The largest absolute Gasteiger partial charge is 0.382 e. The molecule has 0 saturated heterocycles. The van der Waals surface area contributed by atoms with Crippen LogP contribution in [0.5, 0.6) is 0 Å². The maximum atomic E-state index is 6.00. The summed E-state index contributed by atoms with van der Waals surface area (Å²) in [5, 5.41) is 11.6. The Morgan fingerprint density at radius 2 is 2.20 bits per heavy atom. The Labute approximate surface area is 116 Å². The van der Waals surface area contributed by atoms with E-state index in [1.54, 1.807) is 10.9 Å². The number of H-pyrrole nitrogens is 1. The van der Waals surface area contributed by atoms with Gasteiger partial charge in [0.2, 0.25) is 0 Å². The fourth-order valence-corrected chi connectivity index (χ4v) is 2.33. The predicted octanol–water partition coefficient (Wildman–Crippen LogP) is 2.02. The lowest BCUT2D eigenvalue weighted by atomic mass is 10.0. The Kier molecular flexibility index (Phi) is 2.98. The van der Waals surface area contributed by atoms with E-state index in [4.69, 9.17) is 5.73 Å². The van der Waals surface area contributed by atoms with Gasteiger partial charge in [0.05, 0.1) is 22.6 Å². The molecule has 6 heteroatoms. The molecule has 0 saturated carbocycles. The van der Waals surface area contributed by atoms with Crippen LogP contribution >= 0.6 is 0 Å². The second kappa shape index (κ2) is 4.80. The van der Waals surface area contributed by atoms with Gasteiger partial charge >= 0.3 is 0 Å². The van der Waals surface area contributed by atoms with Gasteiger partial charge in [0.15, 0.2) is 5.82 Å². The first-order valence-corrected chi connectivity index (χ1v) is 6.48. The molecule has 0 unspecified atom stereocenters. The summed E-state index contributed by atoms with van der Waals surface area (Å²) < 4.78 is 1.80.